The van der Waals surface area contributed by atoms with Gasteiger partial charge in [-0.05, 0) is 0 Å². The standard InChI is InChI=1S/C4H9NO.CH5O4P/c1-3-6-4-2-5-1;1-5-6(2,3)4/h5H,1-4H2;1H3,(H2,2,3,4). The second kappa shape index (κ2) is 6.54. The van der Waals surface area contributed by atoms with Gasteiger partial charge in [0.25, 0.3) is 0 Å². The monoisotopic (exact) mass is 199 g/mol. The summed E-state index contributed by atoms with van der Waals surface area (Å²) in [4.78, 5) is 15.4. The van der Waals surface area contributed by atoms with Gasteiger partial charge >= 0.3 is 7.82 Å². The lowest BCUT2D eigenvalue weighted by Crippen LogP contribution is -2.30. The van der Waals surface area contributed by atoms with Crippen LogP contribution in [0.1, 0.15) is 0 Å². The molecule has 7 heteroatoms. The van der Waals surface area contributed by atoms with Crippen molar-refractivity contribution >= 4 is 7.82 Å². The van der Waals surface area contributed by atoms with Gasteiger partial charge in [0.15, 0.2) is 0 Å². The lowest BCUT2D eigenvalue weighted by atomic mass is 10.5. The lowest BCUT2D eigenvalue weighted by Gasteiger charge is -2.10. The van der Waals surface area contributed by atoms with Crippen molar-refractivity contribution in [3.05, 3.63) is 0 Å². The highest BCUT2D eigenvalue weighted by Gasteiger charge is 2.07. The summed E-state index contributed by atoms with van der Waals surface area (Å²) in [6.07, 6.45) is 0. The molecule has 1 saturated heterocycles. The number of phosphoric acid groups is 1. The summed E-state index contributed by atoms with van der Waals surface area (Å²) in [6.45, 7) is 3.83. The fraction of sp³-hybridized carbons (Fsp3) is 1.00. The molecule has 0 amide bonds. The predicted octanol–water partition coefficient (Wildman–Crippen LogP) is -0.668. The molecule has 0 bridgehead atoms. The molecular weight excluding hydrogens is 185 g/mol. The number of morpholine rings is 1. The van der Waals surface area contributed by atoms with Crippen molar-refractivity contribution in [2.45, 2.75) is 0 Å². The van der Waals surface area contributed by atoms with Crippen molar-refractivity contribution < 1.29 is 23.6 Å². The van der Waals surface area contributed by atoms with E-state index in [2.05, 4.69) is 9.84 Å². The van der Waals surface area contributed by atoms with E-state index in [1.54, 1.807) is 0 Å². The summed E-state index contributed by atoms with van der Waals surface area (Å²) in [5.74, 6) is 0. The zero-order valence-electron chi connectivity index (χ0n) is 6.89. The van der Waals surface area contributed by atoms with Crippen LogP contribution in [0, 0.1) is 0 Å². The van der Waals surface area contributed by atoms with Crippen LogP contribution in [-0.2, 0) is 13.8 Å². The molecule has 0 saturated carbocycles. The highest BCUT2D eigenvalue weighted by molar-refractivity contribution is 7.46. The van der Waals surface area contributed by atoms with Crippen LogP contribution in [-0.4, -0.2) is 43.2 Å². The molecule has 1 rings (SSSR count). The van der Waals surface area contributed by atoms with Gasteiger partial charge in [0.2, 0.25) is 0 Å². The molecule has 1 aliphatic rings. The topological polar surface area (TPSA) is 88.0 Å². The van der Waals surface area contributed by atoms with Gasteiger partial charge in [-0.15, -0.1) is 0 Å². The average Bonchev–Trinajstić information content (AvgIpc) is 2.07. The van der Waals surface area contributed by atoms with E-state index in [-0.39, 0.29) is 0 Å². The minimum Gasteiger partial charge on any atom is -0.379 e. The summed E-state index contributed by atoms with van der Waals surface area (Å²) in [6, 6.07) is 0. The third kappa shape index (κ3) is 10.0. The van der Waals surface area contributed by atoms with E-state index in [0.29, 0.717) is 0 Å². The first-order valence-electron chi connectivity index (χ1n) is 3.46. The Morgan fingerprint density at radius 2 is 1.83 bits per heavy atom. The SMILES string of the molecule is C1COCCN1.COP(=O)(O)O. The van der Waals surface area contributed by atoms with E-state index < -0.39 is 7.82 Å². The molecule has 0 aliphatic carbocycles. The van der Waals surface area contributed by atoms with Crippen LogP contribution in [0.5, 0.6) is 0 Å². The van der Waals surface area contributed by atoms with Gasteiger partial charge in [0.05, 0.1) is 13.2 Å². The first-order chi connectivity index (χ1) is 5.56. The van der Waals surface area contributed by atoms with E-state index in [4.69, 9.17) is 14.5 Å². The van der Waals surface area contributed by atoms with Crippen molar-refractivity contribution in [1.29, 1.82) is 0 Å². The summed E-state index contributed by atoms with van der Waals surface area (Å²) >= 11 is 0. The van der Waals surface area contributed by atoms with Crippen molar-refractivity contribution in [3.63, 3.8) is 0 Å². The molecule has 0 radical (unpaired) electrons. The number of hydrogen-bond donors (Lipinski definition) is 3. The third-order valence-electron chi connectivity index (χ3n) is 1.08. The summed E-state index contributed by atoms with van der Waals surface area (Å²) in [7, 11) is -3.20. The van der Waals surface area contributed by atoms with E-state index in [0.717, 1.165) is 33.4 Å². The maximum atomic E-state index is 9.47. The Hall–Kier alpha value is 0.0300. The fourth-order valence-electron chi connectivity index (χ4n) is 0.516. The molecule has 6 nitrogen and oxygen atoms in total. The molecule has 1 aliphatic heterocycles. The molecule has 12 heavy (non-hydrogen) atoms. The number of hydrogen-bond acceptors (Lipinski definition) is 4. The lowest BCUT2D eigenvalue weighted by molar-refractivity contribution is 0.109. The Balaban J connectivity index is 0.000000202. The molecule has 0 aromatic rings. The van der Waals surface area contributed by atoms with Crippen molar-refractivity contribution in [3.8, 4) is 0 Å². The second-order valence-electron chi connectivity index (χ2n) is 2.04. The molecule has 3 N–H and O–H groups in total. The van der Waals surface area contributed by atoms with Crippen LogP contribution in [0.4, 0.5) is 0 Å². The smallest absolute Gasteiger partial charge is 0.379 e. The maximum Gasteiger partial charge on any atom is 0.469 e. The molecule has 0 unspecified atom stereocenters. The first kappa shape index (κ1) is 12.0. The minimum atomic E-state index is -4.15. The summed E-state index contributed by atoms with van der Waals surface area (Å²) < 4.78 is 18.1. The summed E-state index contributed by atoms with van der Waals surface area (Å²) in [5, 5.41) is 3.16. The molecule has 0 atom stereocenters. The largest absolute Gasteiger partial charge is 0.469 e. The van der Waals surface area contributed by atoms with Crippen LogP contribution in [0.25, 0.3) is 0 Å². The second-order valence-corrected chi connectivity index (χ2v) is 3.38. The molecule has 74 valence electrons. The normalized spacial score (nSPS) is 17.9. The first-order valence-corrected chi connectivity index (χ1v) is 4.99. The van der Waals surface area contributed by atoms with Gasteiger partial charge in [0, 0.05) is 20.2 Å². The van der Waals surface area contributed by atoms with Gasteiger partial charge in [-0.2, -0.15) is 0 Å². The molecular formula is C5H14NO5P. The van der Waals surface area contributed by atoms with Gasteiger partial charge < -0.3 is 19.8 Å². The summed E-state index contributed by atoms with van der Waals surface area (Å²) in [5.41, 5.74) is 0. The number of phosphoric ester groups is 1. The number of ether oxygens (including phenoxy) is 1. The zero-order chi connectivity index (χ0) is 9.45. The quantitative estimate of drug-likeness (QED) is 0.485. The van der Waals surface area contributed by atoms with Crippen LogP contribution in [0.3, 0.4) is 0 Å². The molecule has 1 heterocycles. The molecule has 1 fully saturated rings. The van der Waals surface area contributed by atoms with Crippen LogP contribution in [0.2, 0.25) is 0 Å². The number of rotatable bonds is 1. The Morgan fingerprint density at radius 1 is 1.42 bits per heavy atom. The molecule has 0 aromatic carbocycles. The Labute approximate surface area is 71.1 Å². The van der Waals surface area contributed by atoms with Gasteiger partial charge in [-0.1, -0.05) is 0 Å². The highest BCUT2D eigenvalue weighted by atomic mass is 31.2. The van der Waals surface area contributed by atoms with Crippen LogP contribution >= 0.6 is 7.82 Å². The highest BCUT2D eigenvalue weighted by Crippen LogP contribution is 2.33. The van der Waals surface area contributed by atoms with Crippen LogP contribution in [0.15, 0.2) is 0 Å². The van der Waals surface area contributed by atoms with Gasteiger partial charge in [-0.25, -0.2) is 4.57 Å². The van der Waals surface area contributed by atoms with E-state index in [9.17, 15) is 4.57 Å². The predicted molar refractivity (Wildman–Crippen MR) is 42.7 cm³/mol. The Bertz CT molecular complexity index is 131. The van der Waals surface area contributed by atoms with Crippen LogP contribution < -0.4 is 5.32 Å². The molecule has 0 aromatic heterocycles. The Morgan fingerprint density at radius 3 is 1.92 bits per heavy atom. The fourth-order valence-corrected chi connectivity index (χ4v) is 0.516. The maximum absolute atomic E-state index is 9.47. The van der Waals surface area contributed by atoms with Gasteiger partial charge in [0.1, 0.15) is 0 Å². The van der Waals surface area contributed by atoms with Crippen molar-refractivity contribution in [2.24, 2.45) is 0 Å². The number of nitrogens with one attached hydrogen (secondary N) is 1. The molecule has 0 spiro atoms. The van der Waals surface area contributed by atoms with E-state index in [1.165, 1.54) is 0 Å². The average molecular weight is 199 g/mol. The Kier molecular flexibility index (Phi) is 6.55. The third-order valence-corrected chi connectivity index (χ3v) is 1.56. The van der Waals surface area contributed by atoms with E-state index in [1.807, 2.05) is 0 Å². The van der Waals surface area contributed by atoms with Crippen molar-refractivity contribution in [1.82, 2.24) is 5.32 Å². The van der Waals surface area contributed by atoms with Gasteiger partial charge in [-0.3, -0.25) is 4.52 Å². The zero-order valence-corrected chi connectivity index (χ0v) is 7.79. The van der Waals surface area contributed by atoms with Crippen molar-refractivity contribution in [2.75, 3.05) is 33.4 Å². The van der Waals surface area contributed by atoms with E-state index >= 15 is 0 Å². The minimum absolute atomic E-state index is 0.889.